The zero-order chi connectivity index (χ0) is 10.1. The topological polar surface area (TPSA) is 43.8 Å². The second-order valence-corrected chi connectivity index (χ2v) is 4.44. The number of aromatic nitrogens is 2. The third-order valence-corrected chi connectivity index (χ3v) is 2.47. The SMILES string of the molecule is Cc1cnn(C)c1CC(C)(C)CN. The Morgan fingerprint density at radius 3 is 2.54 bits per heavy atom. The Morgan fingerprint density at radius 1 is 1.54 bits per heavy atom. The van der Waals surface area contributed by atoms with E-state index in [-0.39, 0.29) is 5.41 Å². The Hall–Kier alpha value is -0.830. The lowest BCUT2D eigenvalue weighted by Crippen LogP contribution is -2.27. The lowest BCUT2D eigenvalue weighted by molar-refractivity contribution is 0.365. The van der Waals surface area contributed by atoms with Gasteiger partial charge in [0.25, 0.3) is 0 Å². The van der Waals surface area contributed by atoms with Gasteiger partial charge >= 0.3 is 0 Å². The minimum Gasteiger partial charge on any atom is -0.330 e. The molecule has 1 aromatic rings. The molecule has 3 heteroatoms. The molecular weight excluding hydrogens is 162 g/mol. The molecule has 3 nitrogen and oxygen atoms in total. The Balaban J connectivity index is 2.85. The molecular formula is C10H19N3. The fraction of sp³-hybridized carbons (Fsp3) is 0.700. The molecule has 0 saturated heterocycles. The molecule has 0 aliphatic rings. The van der Waals surface area contributed by atoms with Gasteiger partial charge in [-0.1, -0.05) is 13.8 Å². The average molecular weight is 181 g/mol. The van der Waals surface area contributed by atoms with E-state index in [1.165, 1.54) is 11.3 Å². The molecule has 13 heavy (non-hydrogen) atoms. The van der Waals surface area contributed by atoms with Gasteiger partial charge in [-0.3, -0.25) is 4.68 Å². The number of nitrogens with two attached hydrogens (primary N) is 1. The van der Waals surface area contributed by atoms with Crippen molar-refractivity contribution in [3.05, 3.63) is 17.5 Å². The van der Waals surface area contributed by atoms with Gasteiger partial charge in [-0.05, 0) is 30.9 Å². The van der Waals surface area contributed by atoms with Crippen LogP contribution in [0.4, 0.5) is 0 Å². The summed E-state index contributed by atoms with van der Waals surface area (Å²) in [6, 6.07) is 0. The number of hydrogen-bond acceptors (Lipinski definition) is 2. The number of rotatable bonds is 3. The van der Waals surface area contributed by atoms with Crippen LogP contribution in [0.5, 0.6) is 0 Å². The maximum atomic E-state index is 5.69. The van der Waals surface area contributed by atoms with Gasteiger partial charge in [0, 0.05) is 12.7 Å². The van der Waals surface area contributed by atoms with Gasteiger partial charge < -0.3 is 5.73 Å². The summed E-state index contributed by atoms with van der Waals surface area (Å²) in [5.74, 6) is 0. The van der Waals surface area contributed by atoms with Crippen LogP contribution < -0.4 is 5.73 Å². The second kappa shape index (κ2) is 3.50. The van der Waals surface area contributed by atoms with E-state index in [9.17, 15) is 0 Å². The molecule has 1 rings (SSSR count). The summed E-state index contributed by atoms with van der Waals surface area (Å²) >= 11 is 0. The number of nitrogens with zero attached hydrogens (tertiary/aromatic N) is 2. The van der Waals surface area contributed by atoms with E-state index in [0.717, 1.165) is 6.42 Å². The Kier molecular flexibility index (Phi) is 2.76. The molecule has 0 aromatic carbocycles. The van der Waals surface area contributed by atoms with Crippen molar-refractivity contribution in [2.75, 3.05) is 6.54 Å². The van der Waals surface area contributed by atoms with Crippen molar-refractivity contribution < 1.29 is 0 Å². The summed E-state index contributed by atoms with van der Waals surface area (Å²) in [5.41, 5.74) is 8.40. The lowest BCUT2D eigenvalue weighted by Gasteiger charge is -2.22. The van der Waals surface area contributed by atoms with Gasteiger partial charge in [0.1, 0.15) is 0 Å². The Morgan fingerprint density at radius 2 is 2.15 bits per heavy atom. The van der Waals surface area contributed by atoms with E-state index < -0.39 is 0 Å². The summed E-state index contributed by atoms with van der Waals surface area (Å²) in [6.45, 7) is 7.16. The molecule has 0 unspecified atom stereocenters. The molecule has 0 aliphatic carbocycles. The molecule has 0 fully saturated rings. The van der Waals surface area contributed by atoms with Crippen LogP contribution in [0.3, 0.4) is 0 Å². The van der Waals surface area contributed by atoms with E-state index in [4.69, 9.17) is 5.73 Å². The molecule has 0 radical (unpaired) electrons. The van der Waals surface area contributed by atoms with Gasteiger partial charge in [0.2, 0.25) is 0 Å². The molecule has 1 aromatic heterocycles. The highest BCUT2D eigenvalue weighted by atomic mass is 15.3. The van der Waals surface area contributed by atoms with Crippen molar-refractivity contribution in [2.24, 2.45) is 18.2 Å². The van der Waals surface area contributed by atoms with E-state index in [1.807, 2.05) is 17.9 Å². The molecule has 1 heterocycles. The number of aryl methyl sites for hydroxylation is 2. The van der Waals surface area contributed by atoms with Crippen LogP contribution in [0.1, 0.15) is 25.1 Å². The minimum absolute atomic E-state index is 0.165. The molecule has 0 bridgehead atoms. The molecule has 0 saturated carbocycles. The van der Waals surface area contributed by atoms with Gasteiger partial charge in [-0.25, -0.2) is 0 Å². The van der Waals surface area contributed by atoms with Crippen molar-refractivity contribution in [1.82, 2.24) is 9.78 Å². The van der Waals surface area contributed by atoms with Crippen LogP contribution in [0.2, 0.25) is 0 Å². The molecule has 74 valence electrons. The first-order valence-electron chi connectivity index (χ1n) is 4.64. The quantitative estimate of drug-likeness (QED) is 0.763. The summed E-state index contributed by atoms with van der Waals surface area (Å²) < 4.78 is 1.94. The van der Waals surface area contributed by atoms with Crippen molar-refractivity contribution in [1.29, 1.82) is 0 Å². The van der Waals surface area contributed by atoms with Crippen LogP contribution in [-0.4, -0.2) is 16.3 Å². The fourth-order valence-corrected chi connectivity index (χ4v) is 1.35. The fourth-order valence-electron chi connectivity index (χ4n) is 1.35. The maximum absolute atomic E-state index is 5.69. The predicted molar refractivity (Wildman–Crippen MR) is 54.5 cm³/mol. The summed E-state index contributed by atoms with van der Waals surface area (Å²) in [6.07, 6.45) is 2.90. The summed E-state index contributed by atoms with van der Waals surface area (Å²) in [5, 5.41) is 4.21. The summed E-state index contributed by atoms with van der Waals surface area (Å²) in [7, 11) is 1.98. The third-order valence-electron chi connectivity index (χ3n) is 2.47. The molecule has 0 atom stereocenters. The average Bonchev–Trinajstić information content (AvgIpc) is 2.36. The van der Waals surface area contributed by atoms with Crippen LogP contribution in [0.15, 0.2) is 6.20 Å². The van der Waals surface area contributed by atoms with E-state index in [2.05, 4.69) is 25.9 Å². The van der Waals surface area contributed by atoms with Crippen molar-refractivity contribution in [3.8, 4) is 0 Å². The molecule has 0 aliphatic heterocycles. The van der Waals surface area contributed by atoms with Crippen LogP contribution in [0.25, 0.3) is 0 Å². The first kappa shape index (κ1) is 10.3. The zero-order valence-electron chi connectivity index (χ0n) is 8.96. The molecule has 2 N–H and O–H groups in total. The van der Waals surface area contributed by atoms with Crippen LogP contribution in [0, 0.1) is 12.3 Å². The van der Waals surface area contributed by atoms with Gasteiger partial charge in [0.05, 0.1) is 6.20 Å². The smallest absolute Gasteiger partial charge is 0.0521 e. The van der Waals surface area contributed by atoms with Crippen molar-refractivity contribution in [3.63, 3.8) is 0 Å². The van der Waals surface area contributed by atoms with Crippen LogP contribution >= 0.6 is 0 Å². The molecule has 0 amide bonds. The van der Waals surface area contributed by atoms with E-state index >= 15 is 0 Å². The number of hydrogen-bond donors (Lipinski definition) is 1. The van der Waals surface area contributed by atoms with E-state index in [0.29, 0.717) is 6.54 Å². The van der Waals surface area contributed by atoms with Gasteiger partial charge in [-0.15, -0.1) is 0 Å². The van der Waals surface area contributed by atoms with Gasteiger partial charge in [-0.2, -0.15) is 5.10 Å². The monoisotopic (exact) mass is 181 g/mol. The van der Waals surface area contributed by atoms with E-state index in [1.54, 1.807) is 0 Å². The minimum atomic E-state index is 0.165. The first-order chi connectivity index (χ1) is 5.96. The Bertz CT molecular complexity index is 267. The maximum Gasteiger partial charge on any atom is 0.0521 e. The third kappa shape index (κ3) is 2.31. The predicted octanol–water partition coefficient (Wildman–Crippen LogP) is 1.26. The van der Waals surface area contributed by atoms with Crippen molar-refractivity contribution in [2.45, 2.75) is 27.2 Å². The van der Waals surface area contributed by atoms with Gasteiger partial charge in [0.15, 0.2) is 0 Å². The first-order valence-corrected chi connectivity index (χ1v) is 4.64. The molecule has 0 spiro atoms. The highest BCUT2D eigenvalue weighted by molar-refractivity contribution is 5.16. The second-order valence-electron chi connectivity index (χ2n) is 4.44. The largest absolute Gasteiger partial charge is 0.330 e. The summed E-state index contributed by atoms with van der Waals surface area (Å²) in [4.78, 5) is 0. The lowest BCUT2D eigenvalue weighted by atomic mass is 9.87. The zero-order valence-corrected chi connectivity index (χ0v) is 8.96. The highest BCUT2D eigenvalue weighted by Gasteiger charge is 2.19. The standard InChI is InChI=1S/C10H19N3/c1-8-6-12-13(4)9(8)5-10(2,3)7-11/h6H,5,7,11H2,1-4H3. The Labute approximate surface area is 79.9 Å². The van der Waals surface area contributed by atoms with Crippen molar-refractivity contribution >= 4 is 0 Å². The highest BCUT2D eigenvalue weighted by Crippen LogP contribution is 2.21. The van der Waals surface area contributed by atoms with Crippen LogP contribution in [-0.2, 0) is 13.5 Å². The normalized spacial score (nSPS) is 12.1.